The van der Waals surface area contributed by atoms with Gasteiger partial charge < -0.3 is 62.1 Å². The Labute approximate surface area is 716 Å². The molecule has 6 fully saturated rings. The summed E-state index contributed by atoms with van der Waals surface area (Å²) in [7, 11) is 0. The van der Waals surface area contributed by atoms with Gasteiger partial charge in [-0.3, -0.25) is 24.2 Å². The van der Waals surface area contributed by atoms with Crippen molar-refractivity contribution in [3.63, 3.8) is 0 Å². The molecular formula is C92H95N21O4S4. The zero-order chi connectivity index (χ0) is 81.5. The van der Waals surface area contributed by atoms with Crippen LogP contribution in [0.1, 0.15) is 93.0 Å². The maximum absolute atomic E-state index is 13.0. The molecule has 3 atom stereocenters. The van der Waals surface area contributed by atoms with Crippen molar-refractivity contribution in [1.82, 2.24) is 85.7 Å². The fourth-order valence-electron chi connectivity index (χ4n) is 17.7. The second kappa shape index (κ2) is 36.5. The van der Waals surface area contributed by atoms with Gasteiger partial charge in [0, 0.05) is 229 Å². The number of pyridine rings is 1. The van der Waals surface area contributed by atoms with Crippen LogP contribution < -0.4 is 42.5 Å². The van der Waals surface area contributed by atoms with Crippen LogP contribution in [0.2, 0.25) is 0 Å². The summed E-state index contributed by atoms with van der Waals surface area (Å²) in [4.78, 5) is 104. The number of amides is 4. The third kappa shape index (κ3) is 18.0. The van der Waals surface area contributed by atoms with E-state index in [-0.39, 0.29) is 23.6 Å². The summed E-state index contributed by atoms with van der Waals surface area (Å²) in [6.45, 7) is 14.5. The number of nitrogens with zero attached hydrogens (tertiary/aromatic N) is 13. The van der Waals surface area contributed by atoms with Crippen molar-refractivity contribution in [3.8, 4) is 0 Å². The number of carbonyl (C=O) groups excluding carboxylic acids is 4. The van der Waals surface area contributed by atoms with Crippen molar-refractivity contribution in [1.29, 1.82) is 0 Å². The fourth-order valence-corrected chi connectivity index (χ4v) is 21.8. The lowest BCUT2D eigenvalue weighted by molar-refractivity contribution is 0.0733. The van der Waals surface area contributed by atoms with Crippen molar-refractivity contribution in [3.05, 3.63) is 218 Å². The largest absolute Gasteiger partial charge is 0.354 e. The van der Waals surface area contributed by atoms with Crippen LogP contribution >= 0.6 is 45.3 Å². The van der Waals surface area contributed by atoms with Crippen molar-refractivity contribution in [2.75, 3.05) is 139 Å². The van der Waals surface area contributed by atoms with Crippen LogP contribution in [0.3, 0.4) is 0 Å². The summed E-state index contributed by atoms with van der Waals surface area (Å²) in [5, 5.41) is 35.1. The van der Waals surface area contributed by atoms with Crippen LogP contribution in [-0.4, -0.2) is 218 Å². The molecule has 22 rings (SSSR count). The number of thiophene rings is 4. The van der Waals surface area contributed by atoms with Gasteiger partial charge in [-0.25, -0.2) is 39.9 Å². The first-order valence-electron chi connectivity index (χ1n) is 42.3. The Balaban J connectivity index is 0.000000106. The van der Waals surface area contributed by atoms with Crippen LogP contribution in [0.15, 0.2) is 177 Å². The summed E-state index contributed by atoms with van der Waals surface area (Å²) in [6, 6.07) is 48.4. The Bertz CT molecular complexity index is 6260. The number of benzene rings is 6. The molecule has 0 spiro atoms. The van der Waals surface area contributed by atoms with Gasteiger partial charge in [-0.15, -0.1) is 45.3 Å². The molecule has 2 bridgehead atoms. The van der Waals surface area contributed by atoms with Crippen LogP contribution in [0.4, 0.5) is 23.8 Å². The molecule has 6 aromatic carbocycles. The molecule has 15 aromatic rings. The standard InChI is InChI=1S/C24H23N5OS.C24H25N5OS.C22H22N6OS.C22H25N5OS/c30-23(29-9-7-25-8-10-29)21-13-19-20(31-21)6-5-17-14-26-24(28-22(17)19)27-18-11-15-3-1-2-4-16(15)12-18;30-23(29-13-11-25-12-14-29)21-15-19-20(31-21)9-8-18-16-27-24(28-22(18)19)26-10-4-7-17-5-2-1-3-6-17;29-21(28-10-8-23-9-11-28)19-12-17-18(30-19)4-3-16-14-26-22(27-20(16)17)25-7-5-15-2-1-6-24-13-15;28-21(27-7-5-23-6-8-27)19-11-16-18(29-19)4-3-15-12-24-22(26-20(15)16)25-17-10-13-1-2-14(17)9-13/h1-6,13-14,18,25H,7-12H2,(H,26,27,28);1-3,5-6,8-9,15-16,25H,4,7,10-14H2,(H,26,27,28);1-4,6,12-14,23H,5,7-11H2,(H,25,26,27);3-4,11-14,17,23H,1-2,5-10H2,(H,24,25,26). The first-order valence-corrected chi connectivity index (χ1v) is 45.6. The Morgan fingerprint density at radius 1 is 0.388 bits per heavy atom. The van der Waals surface area contributed by atoms with Gasteiger partial charge in [0.05, 0.1) is 41.6 Å². The van der Waals surface area contributed by atoms with Crippen molar-refractivity contribution < 1.29 is 19.2 Å². The van der Waals surface area contributed by atoms with E-state index in [0.717, 1.165) is 271 Å². The molecular weight excluding hydrogens is 1590 g/mol. The van der Waals surface area contributed by atoms with Crippen molar-refractivity contribution >= 4 is 177 Å². The monoisotopic (exact) mass is 1690 g/mol. The minimum atomic E-state index is 0.106. The molecule has 3 unspecified atom stereocenters. The van der Waals surface area contributed by atoms with E-state index in [1.807, 2.05) is 105 Å². The van der Waals surface area contributed by atoms with Gasteiger partial charge in [-0.05, 0) is 164 Å². The number of hydrogen-bond acceptors (Lipinski definition) is 25. The molecule has 7 aliphatic rings. The number of anilines is 4. The third-order valence-electron chi connectivity index (χ3n) is 24.1. The summed E-state index contributed by atoms with van der Waals surface area (Å²) in [6.07, 6.45) is 21.3. The average molecular weight is 1690 g/mol. The highest BCUT2D eigenvalue weighted by molar-refractivity contribution is 7.22. The molecule has 8 N–H and O–H groups in total. The third-order valence-corrected chi connectivity index (χ3v) is 28.4. The van der Waals surface area contributed by atoms with E-state index in [1.54, 1.807) is 40.2 Å². The minimum absolute atomic E-state index is 0.106. The molecule has 4 amide bonds. The van der Waals surface area contributed by atoms with Gasteiger partial charge in [0.25, 0.3) is 23.6 Å². The van der Waals surface area contributed by atoms with Crippen LogP contribution in [0.25, 0.3) is 84.0 Å². The maximum Gasteiger partial charge on any atom is 0.264 e. The molecule has 616 valence electrons. The lowest BCUT2D eigenvalue weighted by Gasteiger charge is -2.26. The average Bonchev–Trinajstić information content (AvgIpc) is 1.66. The van der Waals surface area contributed by atoms with Crippen molar-refractivity contribution in [2.45, 2.75) is 69.9 Å². The maximum atomic E-state index is 13.0. The minimum Gasteiger partial charge on any atom is -0.354 e. The van der Waals surface area contributed by atoms with Crippen molar-refractivity contribution in [2.24, 2.45) is 11.8 Å². The highest BCUT2D eigenvalue weighted by Gasteiger charge is 2.40. The number of hydrogen-bond donors (Lipinski definition) is 8. The second-order valence-electron chi connectivity index (χ2n) is 32.0. The normalized spacial score (nSPS) is 17.8. The Hall–Kier alpha value is -11.4. The SMILES string of the molecule is O=C(c1cc2c(ccc3cnc(NC4CC5CCC4C5)nc32)s1)N1CCNCC1.O=C(c1cc2c(ccc3cnc(NC4Cc5ccccc5C4)nc32)s1)N1CCNCC1.O=C(c1cc2c(ccc3cnc(NCCCc4ccccc4)nc32)s1)N1CCNCC1.O=C(c1cc2c(ccc3cnc(NCCc4cccnc4)nc32)s1)N1CCNCC1. The number of nitrogens with one attached hydrogen (secondary N) is 8. The van der Waals surface area contributed by atoms with Gasteiger partial charge >= 0.3 is 0 Å². The van der Waals surface area contributed by atoms with Gasteiger partial charge in [-0.2, -0.15) is 0 Å². The predicted octanol–water partition coefficient (Wildman–Crippen LogP) is 13.8. The summed E-state index contributed by atoms with van der Waals surface area (Å²) in [5.41, 5.74) is 8.93. The van der Waals surface area contributed by atoms with Gasteiger partial charge in [0.15, 0.2) is 0 Å². The number of fused-ring (bicyclic) bond motifs is 15. The van der Waals surface area contributed by atoms with E-state index in [9.17, 15) is 19.2 Å². The zero-order valence-electron chi connectivity index (χ0n) is 67.2. The Kier molecular flexibility index (Phi) is 23.9. The number of rotatable bonds is 17. The summed E-state index contributed by atoms with van der Waals surface area (Å²) < 4.78 is 4.35. The fraction of sp³-hybridized carbons (Fsp3) is 0.337. The molecule has 121 heavy (non-hydrogen) atoms. The van der Waals surface area contributed by atoms with Crippen LogP contribution in [-0.2, 0) is 25.7 Å². The number of aromatic nitrogens is 9. The molecule has 2 saturated carbocycles. The van der Waals surface area contributed by atoms with E-state index in [1.165, 1.54) is 59.3 Å². The number of carbonyl (C=O) groups is 4. The number of piperazine rings is 4. The van der Waals surface area contributed by atoms with Gasteiger partial charge in [0.2, 0.25) is 23.8 Å². The molecule has 13 heterocycles. The lowest BCUT2D eigenvalue weighted by atomic mass is 9.95. The first-order chi connectivity index (χ1) is 59.5. The first kappa shape index (κ1) is 79.4. The molecule has 4 aliphatic heterocycles. The molecule has 0 radical (unpaired) electrons. The topological polar surface area (TPSA) is 293 Å². The molecule has 25 nitrogen and oxygen atoms in total. The summed E-state index contributed by atoms with van der Waals surface area (Å²) >= 11 is 6.20. The van der Waals surface area contributed by atoms with E-state index in [0.29, 0.717) is 29.9 Å². The molecule has 4 saturated heterocycles. The molecule has 9 aromatic heterocycles. The Morgan fingerprint density at radius 3 is 1.17 bits per heavy atom. The van der Waals surface area contributed by atoms with E-state index < -0.39 is 0 Å². The highest BCUT2D eigenvalue weighted by atomic mass is 32.1. The highest BCUT2D eigenvalue weighted by Crippen LogP contribution is 2.46. The predicted molar refractivity (Wildman–Crippen MR) is 489 cm³/mol. The van der Waals surface area contributed by atoms with Gasteiger partial charge in [0.1, 0.15) is 0 Å². The molecule has 29 heteroatoms. The molecule has 3 aliphatic carbocycles. The Morgan fingerprint density at radius 2 is 0.777 bits per heavy atom. The van der Waals surface area contributed by atoms with Gasteiger partial charge in [-0.1, -0.05) is 67.1 Å². The van der Waals surface area contributed by atoms with Crippen LogP contribution in [0, 0.1) is 11.8 Å². The smallest absolute Gasteiger partial charge is 0.264 e. The van der Waals surface area contributed by atoms with E-state index in [2.05, 4.69) is 152 Å². The summed E-state index contributed by atoms with van der Waals surface area (Å²) in [5.74, 6) is 4.75. The number of aryl methyl sites for hydroxylation is 1. The van der Waals surface area contributed by atoms with E-state index in [4.69, 9.17) is 19.9 Å². The van der Waals surface area contributed by atoms with Crippen LogP contribution in [0.5, 0.6) is 0 Å². The van der Waals surface area contributed by atoms with E-state index >= 15 is 0 Å². The second-order valence-corrected chi connectivity index (χ2v) is 36.4. The lowest BCUT2D eigenvalue weighted by Crippen LogP contribution is -2.46. The zero-order valence-corrected chi connectivity index (χ0v) is 70.5. The quantitative estimate of drug-likeness (QED) is 0.0393.